The number of methoxy groups -OCH3 is 1. The highest BCUT2D eigenvalue weighted by molar-refractivity contribution is 5.73. The van der Waals surface area contributed by atoms with Crippen LogP contribution in [0.15, 0.2) is 54.9 Å². The average Bonchev–Trinajstić information content (AvgIpc) is 3.37. The van der Waals surface area contributed by atoms with Crippen molar-refractivity contribution >= 4 is 11.8 Å². The van der Waals surface area contributed by atoms with E-state index < -0.39 is 12.0 Å². The van der Waals surface area contributed by atoms with E-state index >= 15 is 0 Å². The van der Waals surface area contributed by atoms with Gasteiger partial charge < -0.3 is 25.6 Å². The minimum atomic E-state index is -1.01. The highest BCUT2D eigenvalue weighted by Gasteiger charge is 2.18. The lowest BCUT2D eigenvalue weighted by Crippen LogP contribution is -2.32. The summed E-state index contributed by atoms with van der Waals surface area (Å²) in [6, 6.07) is 12.6. The van der Waals surface area contributed by atoms with E-state index in [1.54, 1.807) is 19.5 Å². The topological polar surface area (TPSA) is 120 Å². The molecule has 0 bridgehead atoms. The van der Waals surface area contributed by atoms with Crippen molar-refractivity contribution < 1.29 is 19.4 Å². The molecule has 34 heavy (non-hydrogen) atoms. The number of carboxylic acid groups (broad SMARTS) is 1. The molecule has 1 fully saturated rings. The van der Waals surface area contributed by atoms with Crippen LogP contribution in [-0.2, 0) is 17.8 Å². The molecule has 1 atom stereocenters. The van der Waals surface area contributed by atoms with E-state index in [0.29, 0.717) is 12.4 Å². The van der Waals surface area contributed by atoms with E-state index in [-0.39, 0.29) is 12.5 Å². The monoisotopic (exact) mass is 462 g/mol. The first kappa shape index (κ1) is 23.5. The van der Waals surface area contributed by atoms with E-state index in [1.165, 1.54) is 12.8 Å². The van der Waals surface area contributed by atoms with Crippen molar-refractivity contribution in [1.29, 1.82) is 0 Å². The summed E-state index contributed by atoms with van der Waals surface area (Å²) in [4.78, 5) is 19.9. The quantitative estimate of drug-likeness (QED) is 0.413. The van der Waals surface area contributed by atoms with Crippen LogP contribution in [0.4, 0.5) is 5.82 Å². The molecule has 0 spiro atoms. The van der Waals surface area contributed by atoms with E-state index in [9.17, 15) is 4.79 Å². The number of nitrogens with zero attached hydrogens (tertiary/aromatic N) is 2. The zero-order chi connectivity index (χ0) is 23.9. The molecule has 8 nitrogen and oxygen atoms in total. The number of aromatic nitrogens is 2. The van der Waals surface area contributed by atoms with Crippen molar-refractivity contribution in [1.82, 2.24) is 9.97 Å². The molecule has 0 aliphatic heterocycles. The van der Waals surface area contributed by atoms with Crippen LogP contribution in [0.25, 0.3) is 11.3 Å². The van der Waals surface area contributed by atoms with Gasteiger partial charge in [0.05, 0.1) is 31.3 Å². The fraction of sp³-hybridized carbons (Fsp3) is 0.346. The summed E-state index contributed by atoms with van der Waals surface area (Å²) in [5.41, 5.74) is 9.16. The molecular formula is C26H30N4O4. The zero-order valence-electron chi connectivity index (χ0n) is 19.2. The smallest absolute Gasteiger partial charge is 0.320 e. The third-order valence-corrected chi connectivity index (χ3v) is 5.97. The standard InChI is InChI=1S/C26H30N4O4/c1-33-23-11-8-18(13-24(23)34-20-4-2-3-5-20)14-29-25-16-28-22(15-30-25)19-9-6-17(7-10-19)12-21(27)26(31)32/h6-11,13,15-16,20-21H,2-5,12,14,27H2,1H3,(H,29,30)(H,31,32). The number of carboxylic acids is 1. The molecule has 8 heteroatoms. The van der Waals surface area contributed by atoms with Crippen LogP contribution >= 0.6 is 0 Å². The summed E-state index contributed by atoms with van der Waals surface area (Å²) in [7, 11) is 1.66. The van der Waals surface area contributed by atoms with Gasteiger partial charge in [-0.1, -0.05) is 30.3 Å². The molecule has 3 aromatic rings. The number of rotatable bonds is 10. The molecule has 178 valence electrons. The van der Waals surface area contributed by atoms with Crippen LogP contribution in [0.1, 0.15) is 36.8 Å². The Bertz CT molecular complexity index is 1100. The van der Waals surface area contributed by atoms with Crippen LogP contribution in [0.5, 0.6) is 11.5 Å². The fourth-order valence-corrected chi connectivity index (χ4v) is 4.02. The number of hydrogen-bond donors (Lipinski definition) is 3. The fourth-order valence-electron chi connectivity index (χ4n) is 4.02. The maximum Gasteiger partial charge on any atom is 0.320 e. The van der Waals surface area contributed by atoms with Gasteiger partial charge in [0.25, 0.3) is 0 Å². The Hall–Kier alpha value is -3.65. The van der Waals surface area contributed by atoms with Crippen molar-refractivity contribution in [3.8, 4) is 22.8 Å². The van der Waals surface area contributed by atoms with Gasteiger partial charge in [-0.05, 0) is 55.4 Å². The van der Waals surface area contributed by atoms with Gasteiger partial charge >= 0.3 is 5.97 Å². The summed E-state index contributed by atoms with van der Waals surface area (Å²) in [6.45, 7) is 0.581. The molecule has 1 aromatic heterocycles. The van der Waals surface area contributed by atoms with E-state index in [0.717, 1.165) is 46.7 Å². The number of nitrogens with two attached hydrogens (primary N) is 1. The lowest BCUT2D eigenvalue weighted by Gasteiger charge is -2.17. The molecule has 4 rings (SSSR count). The summed E-state index contributed by atoms with van der Waals surface area (Å²) in [5.74, 6) is 1.19. The van der Waals surface area contributed by atoms with Gasteiger partial charge in [0.15, 0.2) is 11.5 Å². The Morgan fingerprint density at radius 3 is 2.47 bits per heavy atom. The van der Waals surface area contributed by atoms with Crippen molar-refractivity contribution in [2.75, 3.05) is 12.4 Å². The number of ether oxygens (including phenoxy) is 2. The summed E-state index contributed by atoms with van der Waals surface area (Å²) >= 11 is 0. The molecule has 1 aliphatic carbocycles. The maximum absolute atomic E-state index is 10.9. The largest absolute Gasteiger partial charge is 0.493 e. The molecule has 1 heterocycles. The Kier molecular flexibility index (Phi) is 7.59. The minimum Gasteiger partial charge on any atom is -0.493 e. The van der Waals surface area contributed by atoms with E-state index in [2.05, 4.69) is 15.3 Å². The second-order valence-electron chi connectivity index (χ2n) is 8.50. The second kappa shape index (κ2) is 11.0. The molecule has 1 saturated carbocycles. The highest BCUT2D eigenvalue weighted by atomic mass is 16.5. The van der Waals surface area contributed by atoms with Crippen molar-refractivity contribution in [2.45, 2.75) is 50.8 Å². The number of hydrogen-bond acceptors (Lipinski definition) is 7. The first-order chi connectivity index (χ1) is 16.5. The van der Waals surface area contributed by atoms with Gasteiger partial charge in [0, 0.05) is 12.1 Å². The first-order valence-corrected chi connectivity index (χ1v) is 11.5. The van der Waals surface area contributed by atoms with E-state index in [1.807, 2.05) is 42.5 Å². The van der Waals surface area contributed by atoms with Gasteiger partial charge in [0.1, 0.15) is 11.9 Å². The van der Waals surface area contributed by atoms with Crippen molar-refractivity contribution in [2.24, 2.45) is 5.73 Å². The van der Waals surface area contributed by atoms with Crippen LogP contribution in [0, 0.1) is 0 Å². The second-order valence-corrected chi connectivity index (χ2v) is 8.50. The SMILES string of the molecule is COc1ccc(CNc2cnc(-c3ccc(CC(N)C(=O)O)cc3)cn2)cc1OC1CCCC1. The lowest BCUT2D eigenvalue weighted by atomic mass is 10.0. The summed E-state index contributed by atoms with van der Waals surface area (Å²) < 4.78 is 11.6. The predicted molar refractivity (Wildman–Crippen MR) is 130 cm³/mol. The average molecular weight is 463 g/mol. The highest BCUT2D eigenvalue weighted by Crippen LogP contribution is 2.32. The molecule has 0 saturated heterocycles. The molecule has 4 N–H and O–H groups in total. The van der Waals surface area contributed by atoms with Crippen LogP contribution in [0.3, 0.4) is 0 Å². The summed E-state index contributed by atoms with van der Waals surface area (Å²) in [5, 5.41) is 12.3. The summed E-state index contributed by atoms with van der Waals surface area (Å²) in [6.07, 6.45) is 8.56. The lowest BCUT2D eigenvalue weighted by molar-refractivity contribution is -0.138. The normalized spacial score (nSPS) is 14.5. The first-order valence-electron chi connectivity index (χ1n) is 11.5. The number of benzene rings is 2. The van der Waals surface area contributed by atoms with Gasteiger partial charge in [-0.25, -0.2) is 4.98 Å². The minimum absolute atomic E-state index is 0.262. The third-order valence-electron chi connectivity index (χ3n) is 5.97. The number of anilines is 1. The van der Waals surface area contributed by atoms with Gasteiger partial charge in [0.2, 0.25) is 0 Å². The van der Waals surface area contributed by atoms with Crippen LogP contribution in [-0.4, -0.2) is 40.3 Å². The molecule has 0 amide bonds. The Balaban J connectivity index is 1.36. The van der Waals surface area contributed by atoms with Crippen molar-refractivity contribution in [3.63, 3.8) is 0 Å². The van der Waals surface area contributed by atoms with Crippen molar-refractivity contribution in [3.05, 3.63) is 66.0 Å². The Labute approximate surface area is 199 Å². The molecule has 1 unspecified atom stereocenters. The van der Waals surface area contributed by atoms with Crippen LogP contribution < -0.4 is 20.5 Å². The number of nitrogens with one attached hydrogen (secondary N) is 1. The third kappa shape index (κ3) is 6.02. The molecule has 1 aliphatic rings. The molecular weight excluding hydrogens is 432 g/mol. The molecule has 0 radical (unpaired) electrons. The van der Waals surface area contributed by atoms with Gasteiger partial charge in [-0.2, -0.15) is 0 Å². The van der Waals surface area contributed by atoms with E-state index in [4.69, 9.17) is 20.3 Å². The Morgan fingerprint density at radius 1 is 1.09 bits per heavy atom. The zero-order valence-corrected chi connectivity index (χ0v) is 19.2. The predicted octanol–water partition coefficient (Wildman–Crippen LogP) is 4.04. The molecule has 2 aromatic carbocycles. The van der Waals surface area contributed by atoms with Crippen LogP contribution in [0.2, 0.25) is 0 Å². The number of aliphatic carboxylic acids is 1. The Morgan fingerprint density at radius 2 is 1.82 bits per heavy atom. The number of carbonyl (C=O) groups is 1. The maximum atomic E-state index is 10.9. The van der Waals surface area contributed by atoms with Gasteiger partial charge in [-0.3, -0.25) is 9.78 Å². The van der Waals surface area contributed by atoms with Gasteiger partial charge in [-0.15, -0.1) is 0 Å².